The van der Waals surface area contributed by atoms with Gasteiger partial charge in [-0.2, -0.15) is 0 Å². The number of hydrogen-bond acceptors (Lipinski definition) is 4. The topological polar surface area (TPSA) is 98.0 Å². The van der Waals surface area contributed by atoms with E-state index in [-0.39, 0.29) is 34.3 Å². The lowest BCUT2D eigenvalue weighted by molar-refractivity contribution is -0.117. The number of nitrogens with one attached hydrogen (secondary N) is 1. The average Bonchev–Trinajstić information content (AvgIpc) is 3.53. The third-order valence-corrected chi connectivity index (χ3v) is 4.72. The first kappa shape index (κ1) is 18.7. The molecule has 0 atom stereocenters. The van der Waals surface area contributed by atoms with Crippen LogP contribution in [-0.2, 0) is 4.79 Å². The molecular weight excluding hydrogens is 378 g/mol. The third kappa shape index (κ3) is 3.69. The van der Waals surface area contributed by atoms with E-state index in [2.05, 4.69) is 15.3 Å². The van der Waals surface area contributed by atoms with E-state index in [1.54, 1.807) is 0 Å². The molecule has 6 nitrogen and oxygen atoms in total. The molecule has 0 radical (unpaired) electrons. The second kappa shape index (κ2) is 7.38. The average molecular weight is 394 g/mol. The summed E-state index contributed by atoms with van der Waals surface area (Å²) in [5.41, 5.74) is 6.68. The lowest BCUT2D eigenvalue weighted by atomic mass is 9.93. The van der Waals surface area contributed by atoms with Gasteiger partial charge in [0, 0.05) is 47.3 Å². The molecule has 0 unspecified atom stereocenters. The van der Waals surface area contributed by atoms with E-state index in [4.69, 9.17) is 5.73 Å². The van der Waals surface area contributed by atoms with Crippen LogP contribution in [0.15, 0.2) is 48.9 Å². The van der Waals surface area contributed by atoms with E-state index in [0.717, 1.165) is 25.0 Å². The van der Waals surface area contributed by atoms with Gasteiger partial charge < -0.3 is 11.1 Å². The quantitative estimate of drug-likeness (QED) is 0.692. The molecule has 0 saturated heterocycles. The molecule has 1 aromatic carbocycles. The molecule has 29 heavy (non-hydrogen) atoms. The van der Waals surface area contributed by atoms with Gasteiger partial charge in [0.2, 0.25) is 11.8 Å². The maximum atomic E-state index is 14.5. The van der Waals surface area contributed by atoms with Crippen LogP contribution >= 0.6 is 0 Å². The van der Waals surface area contributed by atoms with Crippen molar-refractivity contribution in [2.45, 2.75) is 12.8 Å². The number of benzene rings is 1. The lowest BCUT2D eigenvalue weighted by Gasteiger charge is -2.16. The molecule has 8 heteroatoms. The van der Waals surface area contributed by atoms with Gasteiger partial charge in [-0.15, -0.1) is 0 Å². The number of aromatic nitrogens is 2. The minimum Gasteiger partial charge on any atom is -0.366 e. The highest BCUT2D eigenvalue weighted by Gasteiger charge is 2.31. The highest BCUT2D eigenvalue weighted by atomic mass is 19.1. The van der Waals surface area contributed by atoms with E-state index in [9.17, 15) is 18.4 Å². The van der Waals surface area contributed by atoms with Crippen LogP contribution in [0.4, 0.5) is 14.6 Å². The Kier molecular flexibility index (Phi) is 4.75. The largest absolute Gasteiger partial charge is 0.366 e. The van der Waals surface area contributed by atoms with Gasteiger partial charge in [-0.05, 0) is 42.7 Å². The van der Waals surface area contributed by atoms with Crippen molar-refractivity contribution in [1.82, 2.24) is 9.97 Å². The van der Waals surface area contributed by atoms with Gasteiger partial charge in [0.25, 0.3) is 0 Å². The molecule has 3 N–H and O–H groups in total. The van der Waals surface area contributed by atoms with Crippen LogP contribution in [0.2, 0.25) is 0 Å². The summed E-state index contributed by atoms with van der Waals surface area (Å²) in [5.74, 6) is -2.39. The zero-order valence-electron chi connectivity index (χ0n) is 15.2. The Balaban J connectivity index is 1.92. The van der Waals surface area contributed by atoms with Crippen LogP contribution in [-0.4, -0.2) is 21.8 Å². The standard InChI is InChI=1S/C21H16F2N4O2/c22-12-3-4-14(17(23)9-12)13-5-7-25-10-16(13)18-15(19(24)28)6-8-26-20(18)27-21(29)11-1-2-11/h3-11H,1-2H2,(H2,24,28)(H,26,27,29). The number of nitrogens with zero attached hydrogens (tertiary/aromatic N) is 2. The highest BCUT2D eigenvalue weighted by Crippen LogP contribution is 2.39. The van der Waals surface area contributed by atoms with Gasteiger partial charge in [-0.3, -0.25) is 14.6 Å². The van der Waals surface area contributed by atoms with Crippen LogP contribution < -0.4 is 11.1 Å². The minimum absolute atomic E-state index is 0.0928. The second-order valence-electron chi connectivity index (χ2n) is 6.76. The third-order valence-electron chi connectivity index (χ3n) is 4.72. The van der Waals surface area contributed by atoms with E-state index in [1.807, 2.05) is 0 Å². The Hall–Kier alpha value is -3.68. The first-order valence-electron chi connectivity index (χ1n) is 8.95. The smallest absolute Gasteiger partial charge is 0.249 e. The minimum atomic E-state index is -0.773. The van der Waals surface area contributed by atoms with Gasteiger partial charge in [0.1, 0.15) is 17.5 Å². The number of amides is 2. The van der Waals surface area contributed by atoms with E-state index >= 15 is 0 Å². The fourth-order valence-electron chi connectivity index (χ4n) is 3.14. The van der Waals surface area contributed by atoms with E-state index < -0.39 is 17.5 Å². The molecule has 2 heterocycles. The maximum Gasteiger partial charge on any atom is 0.249 e. The van der Waals surface area contributed by atoms with Gasteiger partial charge in [0.15, 0.2) is 0 Å². The monoisotopic (exact) mass is 394 g/mol. The number of anilines is 1. The molecule has 2 amide bonds. The van der Waals surface area contributed by atoms with Crippen molar-refractivity contribution >= 4 is 17.6 Å². The highest BCUT2D eigenvalue weighted by molar-refractivity contribution is 6.07. The summed E-state index contributed by atoms with van der Waals surface area (Å²) in [5, 5.41) is 2.73. The number of nitrogens with two attached hydrogens (primary N) is 1. The molecule has 0 spiro atoms. The number of pyridine rings is 2. The second-order valence-corrected chi connectivity index (χ2v) is 6.76. The van der Waals surface area contributed by atoms with E-state index in [0.29, 0.717) is 11.1 Å². The fourth-order valence-corrected chi connectivity index (χ4v) is 3.14. The zero-order valence-corrected chi connectivity index (χ0v) is 15.2. The Morgan fingerprint density at radius 2 is 1.83 bits per heavy atom. The normalized spacial score (nSPS) is 13.2. The first-order chi connectivity index (χ1) is 14.0. The number of primary amides is 1. The number of carbonyl (C=O) groups excluding carboxylic acids is 2. The van der Waals surface area contributed by atoms with Crippen molar-refractivity contribution < 1.29 is 18.4 Å². The Morgan fingerprint density at radius 3 is 2.52 bits per heavy atom. The fraction of sp³-hybridized carbons (Fsp3) is 0.143. The van der Waals surface area contributed by atoms with Crippen molar-refractivity contribution in [1.29, 1.82) is 0 Å². The molecule has 1 fully saturated rings. The summed E-state index contributed by atoms with van der Waals surface area (Å²) in [6.07, 6.45) is 5.81. The van der Waals surface area contributed by atoms with Gasteiger partial charge in [0.05, 0.1) is 5.56 Å². The number of rotatable bonds is 5. The number of carbonyl (C=O) groups is 2. The lowest BCUT2D eigenvalue weighted by Crippen LogP contribution is -2.18. The van der Waals surface area contributed by atoms with Gasteiger partial charge >= 0.3 is 0 Å². The summed E-state index contributed by atoms with van der Waals surface area (Å²) in [7, 11) is 0. The van der Waals surface area contributed by atoms with Crippen LogP contribution in [0.5, 0.6) is 0 Å². The SMILES string of the molecule is NC(=O)c1ccnc(NC(=O)C2CC2)c1-c1cnccc1-c1ccc(F)cc1F. The van der Waals surface area contributed by atoms with Crippen molar-refractivity contribution in [3.05, 3.63) is 66.1 Å². The van der Waals surface area contributed by atoms with Crippen molar-refractivity contribution in [2.24, 2.45) is 11.7 Å². The van der Waals surface area contributed by atoms with Crippen molar-refractivity contribution in [2.75, 3.05) is 5.32 Å². The van der Waals surface area contributed by atoms with Gasteiger partial charge in [-0.1, -0.05) is 0 Å². The molecule has 2 aromatic heterocycles. The summed E-state index contributed by atoms with van der Waals surface area (Å²) < 4.78 is 27.9. The van der Waals surface area contributed by atoms with Crippen molar-refractivity contribution in [3.8, 4) is 22.3 Å². The Labute approximate surface area is 164 Å². The zero-order chi connectivity index (χ0) is 20.5. The van der Waals surface area contributed by atoms with Crippen molar-refractivity contribution in [3.63, 3.8) is 0 Å². The predicted molar refractivity (Wildman–Crippen MR) is 103 cm³/mol. The maximum absolute atomic E-state index is 14.5. The van der Waals surface area contributed by atoms with Crippen LogP contribution in [0, 0.1) is 17.6 Å². The molecule has 0 bridgehead atoms. The molecule has 0 aliphatic heterocycles. The molecule has 4 rings (SSSR count). The summed E-state index contributed by atoms with van der Waals surface area (Å²) >= 11 is 0. The van der Waals surface area contributed by atoms with Crippen LogP contribution in [0.25, 0.3) is 22.3 Å². The molecule has 1 aliphatic carbocycles. The molecule has 3 aromatic rings. The summed E-state index contributed by atoms with van der Waals surface area (Å²) in [4.78, 5) is 32.6. The Bertz CT molecular complexity index is 1130. The first-order valence-corrected chi connectivity index (χ1v) is 8.95. The summed E-state index contributed by atoms with van der Waals surface area (Å²) in [6, 6.07) is 6.16. The van der Waals surface area contributed by atoms with E-state index in [1.165, 1.54) is 36.8 Å². The molecular formula is C21H16F2N4O2. The Morgan fingerprint density at radius 1 is 1.03 bits per heavy atom. The van der Waals surface area contributed by atoms with Crippen LogP contribution in [0.1, 0.15) is 23.2 Å². The number of halogens is 2. The molecule has 146 valence electrons. The van der Waals surface area contributed by atoms with Gasteiger partial charge in [-0.25, -0.2) is 13.8 Å². The number of hydrogen-bond donors (Lipinski definition) is 2. The summed E-state index contributed by atoms with van der Waals surface area (Å²) in [6.45, 7) is 0. The predicted octanol–water partition coefficient (Wildman–Crippen LogP) is 3.54. The molecule has 1 saturated carbocycles. The van der Waals surface area contributed by atoms with Crippen LogP contribution in [0.3, 0.4) is 0 Å². The molecule has 1 aliphatic rings.